The molecule has 0 amide bonds. The number of hydrogen-bond donors (Lipinski definition) is 0. The quantitative estimate of drug-likeness (QED) is 0.266. The van der Waals surface area contributed by atoms with Gasteiger partial charge in [0.15, 0.2) is 0 Å². The highest BCUT2D eigenvalue weighted by Crippen LogP contribution is 2.49. The average Bonchev–Trinajstić information content (AvgIpc) is 2.23. The van der Waals surface area contributed by atoms with Crippen molar-refractivity contribution in [2.45, 2.75) is 52.1 Å². The van der Waals surface area contributed by atoms with E-state index in [1.165, 1.54) is 0 Å². The highest BCUT2D eigenvalue weighted by atomic mass is 31.2. The number of halogens is 2. The Morgan fingerprint density at radius 2 is 1.53 bits per heavy atom. The molecule has 0 aliphatic rings. The Labute approximate surface area is 115 Å². The summed E-state index contributed by atoms with van der Waals surface area (Å²) in [5, 5.41) is -0.962. The first kappa shape index (κ1) is 19.2. The van der Waals surface area contributed by atoms with E-state index in [-0.39, 0.29) is 32.3 Å². The molecule has 0 radical (unpaired) electrons. The molecule has 0 aromatic rings. The number of phosphoric ester groups is 1. The predicted molar refractivity (Wildman–Crippen MR) is 73.9 cm³/mol. The van der Waals surface area contributed by atoms with Crippen LogP contribution in [0.3, 0.4) is 0 Å². The molecule has 0 atom stereocenters. The summed E-state index contributed by atoms with van der Waals surface area (Å²) in [6.45, 7) is 8.29. The van der Waals surface area contributed by atoms with E-state index in [1.807, 2.05) is 0 Å². The van der Waals surface area contributed by atoms with Gasteiger partial charge in [-0.3, -0.25) is 21.8 Å². The fourth-order valence-electron chi connectivity index (χ4n) is 1.27. The fourth-order valence-corrected chi connectivity index (χ4v) is 3.82. The summed E-state index contributed by atoms with van der Waals surface area (Å²) in [4.78, 5) is 0. The summed E-state index contributed by atoms with van der Waals surface area (Å²) in [6, 6.07) is -0.186. The first-order valence-electron chi connectivity index (χ1n) is 6.49. The minimum atomic E-state index is -4.29. The third-order valence-corrected chi connectivity index (χ3v) is 7.38. The van der Waals surface area contributed by atoms with Crippen molar-refractivity contribution in [3.63, 3.8) is 0 Å². The molecular formula is C11H25F2O4PSi. The SMILES string of the molecule is CCOP(=O)(OCC)OCCC[Si](F)(F)C(C)(C)C. The molecule has 0 rings (SSSR count). The summed E-state index contributed by atoms with van der Waals surface area (Å²) in [5.41, 5.74) is 0. The molecule has 116 valence electrons. The second-order valence-corrected chi connectivity index (χ2v) is 10.3. The van der Waals surface area contributed by atoms with Gasteiger partial charge >= 0.3 is 16.6 Å². The second kappa shape index (κ2) is 7.83. The van der Waals surface area contributed by atoms with Crippen molar-refractivity contribution in [2.24, 2.45) is 0 Å². The monoisotopic (exact) mass is 318 g/mol. The van der Waals surface area contributed by atoms with Gasteiger partial charge in [-0.1, -0.05) is 20.8 Å². The lowest BCUT2D eigenvalue weighted by atomic mass is 10.2. The lowest BCUT2D eigenvalue weighted by Crippen LogP contribution is -2.34. The van der Waals surface area contributed by atoms with Crippen LogP contribution >= 0.6 is 7.82 Å². The maximum absolute atomic E-state index is 13.8. The van der Waals surface area contributed by atoms with Gasteiger partial charge < -0.3 is 0 Å². The van der Waals surface area contributed by atoms with Gasteiger partial charge in [-0.2, -0.15) is 0 Å². The molecule has 0 bridgehead atoms. The number of hydrogen-bond acceptors (Lipinski definition) is 4. The van der Waals surface area contributed by atoms with Crippen LogP contribution in [-0.4, -0.2) is 28.6 Å². The van der Waals surface area contributed by atoms with Crippen molar-refractivity contribution in [1.29, 1.82) is 0 Å². The minimum Gasteiger partial charge on any atom is -0.287 e. The Morgan fingerprint density at radius 3 is 1.89 bits per heavy atom. The van der Waals surface area contributed by atoms with Gasteiger partial charge in [0, 0.05) is 11.1 Å². The van der Waals surface area contributed by atoms with E-state index in [0.29, 0.717) is 0 Å². The lowest BCUT2D eigenvalue weighted by molar-refractivity contribution is 0.121. The van der Waals surface area contributed by atoms with E-state index >= 15 is 0 Å². The standard InChI is InChI=1S/C11H25F2O4PSi/c1-6-15-18(14,16-7-2)17-9-8-10-19(12,13)11(3,4)5/h6-10H2,1-5H3. The normalized spacial score (nSPS) is 13.8. The van der Waals surface area contributed by atoms with E-state index in [4.69, 9.17) is 13.6 Å². The molecule has 0 aromatic heterocycles. The molecule has 0 unspecified atom stereocenters. The Bertz CT molecular complexity index is 298. The van der Waals surface area contributed by atoms with Gasteiger partial charge in [0.1, 0.15) is 0 Å². The van der Waals surface area contributed by atoms with Crippen LogP contribution in [0, 0.1) is 0 Å². The number of phosphoric acid groups is 1. The maximum Gasteiger partial charge on any atom is 0.474 e. The lowest BCUT2D eigenvalue weighted by Gasteiger charge is -2.27. The minimum absolute atomic E-state index is 0.0457. The van der Waals surface area contributed by atoms with Gasteiger partial charge in [0.2, 0.25) is 0 Å². The van der Waals surface area contributed by atoms with E-state index < -0.39 is 21.6 Å². The fraction of sp³-hybridized carbons (Fsp3) is 1.00. The van der Waals surface area contributed by atoms with E-state index in [0.717, 1.165) is 0 Å². The molecule has 0 saturated carbocycles. The Balaban J connectivity index is 4.19. The maximum atomic E-state index is 13.8. The van der Waals surface area contributed by atoms with Gasteiger partial charge in [0.25, 0.3) is 0 Å². The summed E-state index contributed by atoms with van der Waals surface area (Å²) in [5.74, 6) is 0. The average molecular weight is 318 g/mol. The summed E-state index contributed by atoms with van der Waals surface area (Å²) in [7, 11) is -7.86. The summed E-state index contributed by atoms with van der Waals surface area (Å²) < 4.78 is 54.3. The topological polar surface area (TPSA) is 44.8 Å². The van der Waals surface area contributed by atoms with E-state index in [9.17, 15) is 12.8 Å². The van der Waals surface area contributed by atoms with Crippen molar-refractivity contribution < 1.29 is 26.4 Å². The molecule has 0 spiro atoms. The van der Waals surface area contributed by atoms with Crippen molar-refractivity contribution >= 4 is 16.6 Å². The molecule has 0 aromatic carbocycles. The first-order valence-corrected chi connectivity index (χ1v) is 9.92. The van der Waals surface area contributed by atoms with Crippen molar-refractivity contribution in [3.05, 3.63) is 0 Å². The van der Waals surface area contributed by atoms with E-state index in [2.05, 4.69) is 0 Å². The van der Waals surface area contributed by atoms with Gasteiger partial charge in [-0.15, -0.1) is 0 Å². The molecular weight excluding hydrogens is 293 g/mol. The van der Waals surface area contributed by atoms with Crippen LogP contribution in [0.4, 0.5) is 8.22 Å². The highest BCUT2D eigenvalue weighted by molar-refractivity contribution is 7.48. The third kappa shape index (κ3) is 6.95. The highest BCUT2D eigenvalue weighted by Gasteiger charge is 2.47. The summed E-state index contributed by atoms with van der Waals surface area (Å²) in [6.07, 6.45) is 0.153. The van der Waals surface area contributed by atoms with Crippen molar-refractivity contribution in [1.82, 2.24) is 0 Å². The molecule has 19 heavy (non-hydrogen) atoms. The van der Waals surface area contributed by atoms with Crippen molar-refractivity contribution in [2.75, 3.05) is 19.8 Å². The molecule has 8 heteroatoms. The first-order chi connectivity index (χ1) is 8.58. The Hall–Kier alpha value is 0.187. The van der Waals surface area contributed by atoms with Crippen LogP contribution in [0.15, 0.2) is 0 Å². The van der Waals surface area contributed by atoms with Crippen LogP contribution < -0.4 is 0 Å². The van der Waals surface area contributed by atoms with E-state index in [1.54, 1.807) is 34.6 Å². The predicted octanol–water partition coefficient (Wildman–Crippen LogP) is 4.76. The number of rotatable bonds is 9. The largest absolute Gasteiger partial charge is 0.474 e. The molecule has 0 heterocycles. The second-order valence-electron chi connectivity index (χ2n) is 5.17. The van der Waals surface area contributed by atoms with Gasteiger partial charge in [-0.25, -0.2) is 4.57 Å². The van der Waals surface area contributed by atoms with Crippen LogP contribution in [0.2, 0.25) is 11.1 Å². The Morgan fingerprint density at radius 1 is 1.05 bits per heavy atom. The Kier molecular flexibility index (Phi) is 7.91. The van der Waals surface area contributed by atoms with Crippen LogP contribution in [0.25, 0.3) is 0 Å². The van der Waals surface area contributed by atoms with Gasteiger partial charge in [-0.05, 0) is 20.3 Å². The molecule has 0 fully saturated rings. The van der Waals surface area contributed by atoms with Gasteiger partial charge in [0.05, 0.1) is 19.8 Å². The third-order valence-electron chi connectivity index (χ3n) is 2.56. The van der Waals surface area contributed by atoms with Crippen molar-refractivity contribution in [3.8, 4) is 0 Å². The smallest absolute Gasteiger partial charge is 0.287 e. The molecule has 0 aliphatic carbocycles. The van der Waals surface area contributed by atoms with Crippen LogP contribution in [0.1, 0.15) is 41.0 Å². The zero-order chi connectivity index (χ0) is 15.2. The van der Waals surface area contributed by atoms with Crippen LogP contribution in [-0.2, 0) is 18.1 Å². The van der Waals surface area contributed by atoms with Crippen LogP contribution in [0.5, 0.6) is 0 Å². The zero-order valence-corrected chi connectivity index (χ0v) is 14.3. The molecule has 4 nitrogen and oxygen atoms in total. The molecule has 0 N–H and O–H groups in total. The molecule has 0 aliphatic heterocycles. The molecule has 0 saturated heterocycles. The summed E-state index contributed by atoms with van der Waals surface area (Å²) >= 11 is 0. The zero-order valence-electron chi connectivity index (χ0n) is 12.4.